The first-order chi connectivity index (χ1) is 21.3. The molecule has 2 fully saturated rings. The number of nitrogen functional groups attached to an aromatic ring is 2. The molecule has 9 atom stereocenters. The van der Waals surface area contributed by atoms with E-state index in [1.807, 2.05) is 0 Å². The van der Waals surface area contributed by atoms with Crippen molar-refractivity contribution in [2.75, 3.05) is 30.6 Å². The molecule has 2 saturated heterocycles. The Kier molecular flexibility index (Phi) is 9.31. The second-order valence-corrected chi connectivity index (χ2v) is 11.2. The zero-order valence-corrected chi connectivity index (χ0v) is 25.1. The van der Waals surface area contributed by atoms with Gasteiger partial charge in [0, 0.05) is 0 Å². The molecule has 2 aliphatic rings. The Morgan fingerprint density at radius 3 is 2.11 bits per heavy atom. The molecule has 2 aliphatic heterocycles. The number of anilines is 2. The van der Waals surface area contributed by atoms with Crippen molar-refractivity contribution < 1.29 is 47.1 Å². The van der Waals surface area contributed by atoms with Gasteiger partial charge in [-0.3, -0.25) is 22.7 Å². The summed E-state index contributed by atoms with van der Waals surface area (Å²) in [6.45, 7) is -0.470. The van der Waals surface area contributed by atoms with E-state index in [4.69, 9.17) is 39.2 Å². The summed E-state index contributed by atoms with van der Waals surface area (Å²) in [4.78, 5) is 24.5. The molecule has 1 unspecified atom stereocenters. The molecule has 0 aromatic carbocycles. The van der Waals surface area contributed by atoms with E-state index in [0.717, 1.165) is 0 Å². The smallest absolute Gasteiger partial charge is 0.327 e. The lowest BCUT2D eigenvalue weighted by Gasteiger charge is -2.22. The summed E-state index contributed by atoms with van der Waals surface area (Å²) < 4.78 is 60.9. The van der Waals surface area contributed by atoms with Crippen molar-refractivity contribution >= 4 is 63.5 Å². The maximum Gasteiger partial charge on any atom is 0.327 e. The normalized spacial score (nSPS) is 29.7. The maximum absolute atomic E-state index is 13.1. The van der Waals surface area contributed by atoms with Crippen molar-refractivity contribution in [2.45, 2.75) is 49.1 Å². The van der Waals surface area contributed by atoms with Gasteiger partial charge in [0.05, 0.1) is 31.8 Å². The second kappa shape index (κ2) is 13.2. The Labute approximate surface area is 254 Å². The predicted molar refractivity (Wildman–Crippen MR) is 151 cm³/mol. The standard InChI is InChI=1S/C21H26N10O10P2S/c22-16-10-18(26-3-24-16)30(5-28-10)20-13(33)14(40-42-34)9(39-20)2-37-43(35)41-15-12(32)8(1-36-7-44)38-21(15)31-6-29-11-17(23)25-4-27-19(11)31/h3-6,8-9,12-15,20-21,32-33,43-44H,1-2,7H2,(H2,22,24,26)(H2,23,25,27)/t8-,9-,12-,13-,14-,15-,20-,21-/m1/s1. The fraction of sp³-hybridized carbons (Fsp3) is 0.524. The Morgan fingerprint density at radius 1 is 0.886 bits per heavy atom. The molecule has 236 valence electrons. The highest BCUT2D eigenvalue weighted by molar-refractivity contribution is 7.80. The van der Waals surface area contributed by atoms with Crippen LogP contribution in [-0.4, -0.2) is 105 Å². The first kappa shape index (κ1) is 31.1. The number of rotatable bonds is 12. The van der Waals surface area contributed by atoms with Crippen LogP contribution in [0.1, 0.15) is 12.5 Å². The van der Waals surface area contributed by atoms with Gasteiger partial charge in [0.15, 0.2) is 35.4 Å². The van der Waals surface area contributed by atoms with Gasteiger partial charge in [-0.05, 0) is 0 Å². The van der Waals surface area contributed by atoms with E-state index in [0.29, 0.717) is 5.52 Å². The monoisotopic (exact) mass is 672 g/mol. The molecule has 20 nitrogen and oxygen atoms in total. The van der Waals surface area contributed by atoms with Gasteiger partial charge in [-0.1, -0.05) is 0 Å². The molecule has 6 N–H and O–H groups in total. The Bertz CT molecular complexity index is 1670. The van der Waals surface area contributed by atoms with Crippen molar-refractivity contribution in [3.8, 4) is 0 Å². The zero-order chi connectivity index (χ0) is 31.0. The van der Waals surface area contributed by atoms with Crippen LogP contribution in [0.4, 0.5) is 11.6 Å². The molecule has 23 heteroatoms. The molecule has 4 aromatic rings. The Balaban J connectivity index is 1.18. The van der Waals surface area contributed by atoms with Gasteiger partial charge >= 0.3 is 16.9 Å². The summed E-state index contributed by atoms with van der Waals surface area (Å²) in [6.07, 6.45) is -4.05. The van der Waals surface area contributed by atoms with Crippen LogP contribution in [0.3, 0.4) is 0 Å². The van der Waals surface area contributed by atoms with E-state index in [9.17, 15) is 19.3 Å². The lowest BCUT2D eigenvalue weighted by molar-refractivity contribution is -0.0597. The largest absolute Gasteiger partial charge is 0.387 e. The van der Waals surface area contributed by atoms with Gasteiger partial charge in [-0.25, -0.2) is 34.5 Å². The number of imidazole rings is 2. The van der Waals surface area contributed by atoms with Gasteiger partial charge in [0.1, 0.15) is 60.3 Å². The van der Waals surface area contributed by atoms with Crippen LogP contribution in [0, 0.1) is 0 Å². The Morgan fingerprint density at radius 2 is 1.50 bits per heavy atom. The van der Waals surface area contributed by atoms with E-state index in [1.54, 1.807) is 0 Å². The summed E-state index contributed by atoms with van der Waals surface area (Å²) in [7, 11) is -4.11. The number of ether oxygens (including phenoxy) is 3. The molecule has 4 aromatic heterocycles. The van der Waals surface area contributed by atoms with Crippen LogP contribution in [0.25, 0.3) is 22.3 Å². The molecule has 0 aliphatic carbocycles. The number of nitrogens with zero attached hydrogens (tertiary/aromatic N) is 8. The average Bonchev–Trinajstić information content (AvgIpc) is 3.77. The van der Waals surface area contributed by atoms with Gasteiger partial charge in [0.2, 0.25) is 0 Å². The van der Waals surface area contributed by atoms with Crippen LogP contribution in [-0.2, 0) is 36.9 Å². The van der Waals surface area contributed by atoms with Crippen molar-refractivity contribution in [3.05, 3.63) is 25.3 Å². The molecule has 0 radical (unpaired) electrons. The molecule has 0 saturated carbocycles. The fourth-order valence-corrected chi connectivity index (χ4v) is 6.36. The topological polar surface area (TPSA) is 269 Å². The number of aliphatic hydroxyl groups excluding tert-OH is 2. The third-order valence-corrected chi connectivity index (χ3v) is 8.46. The number of aromatic nitrogens is 8. The number of fused-ring (bicyclic) bond motifs is 2. The number of hydrogen-bond acceptors (Lipinski definition) is 19. The van der Waals surface area contributed by atoms with Crippen molar-refractivity contribution in [1.29, 1.82) is 0 Å². The molecule has 0 bridgehead atoms. The lowest BCUT2D eigenvalue weighted by Crippen LogP contribution is -2.35. The average molecular weight is 673 g/mol. The van der Waals surface area contributed by atoms with Gasteiger partial charge in [0.25, 0.3) is 0 Å². The van der Waals surface area contributed by atoms with E-state index in [1.165, 1.54) is 34.4 Å². The quantitative estimate of drug-likeness (QED) is 0.0730. The first-order valence-electron chi connectivity index (χ1n) is 12.9. The summed E-state index contributed by atoms with van der Waals surface area (Å²) in [5.74, 6) is 0.316. The molecule has 6 heterocycles. The first-order valence-corrected chi connectivity index (χ1v) is 15.4. The minimum atomic E-state index is -3.38. The summed E-state index contributed by atoms with van der Waals surface area (Å²) >= 11 is 4.01. The van der Waals surface area contributed by atoms with Crippen LogP contribution in [0.5, 0.6) is 0 Å². The molecule has 0 amide bonds. The summed E-state index contributed by atoms with van der Waals surface area (Å²) in [5.41, 5.74) is 12.9. The van der Waals surface area contributed by atoms with Crippen LogP contribution in [0.15, 0.2) is 25.3 Å². The number of hydrogen-bond donors (Lipinski definition) is 5. The molecule has 6 rings (SSSR count). The highest BCUT2D eigenvalue weighted by Crippen LogP contribution is 2.41. The predicted octanol–water partition coefficient (Wildman–Crippen LogP) is -0.366. The molecule has 0 spiro atoms. The van der Waals surface area contributed by atoms with E-state index in [2.05, 4.69) is 42.5 Å². The molecular formula is C21H26N10O10P2S. The highest BCUT2D eigenvalue weighted by Gasteiger charge is 2.49. The third kappa shape index (κ3) is 5.77. The van der Waals surface area contributed by atoms with Gasteiger partial charge in [-0.2, -0.15) is 12.6 Å². The lowest BCUT2D eigenvalue weighted by atomic mass is 10.1. The fourth-order valence-electron chi connectivity index (χ4n) is 5.05. The zero-order valence-electron chi connectivity index (χ0n) is 22.3. The minimum Gasteiger partial charge on any atom is -0.387 e. The number of nitrogens with two attached hydrogens (primary N) is 2. The van der Waals surface area contributed by atoms with Crippen LogP contribution in [0.2, 0.25) is 0 Å². The summed E-state index contributed by atoms with van der Waals surface area (Å²) in [6, 6.07) is 0. The highest BCUT2D eigenvalue weighted by atomic mass is 32.1. The second-order valence-electron chi connectivity index (χ2n) is 9.57. The van der Waals surface area contributed by atoms with Crippen molar-refractivity contribution in [2.24, 2.45) is 0 Å². The minimum absolute atomic E-state index is 0.0469. The maximum atomic E-state index is 13.1. The van der Waals surface area contributed by atoms with Crippen molar-refractivity contribution in [1.82, 2.24) is 39.0 Å². The van der Waals surface area contributed by atoms with E-state index >= 15 is 0 Å². The number of thiol groups is 1. The molecular weight excluding hydrogens is 646 g/mol. The van der Waals surface area contributed by atoms with Crippen LogP contribution < -0.4 is 11.5 Å². The summed E-state index contributed by atoms with van der Waals surface area (Å²) in [5, 5.41) is 22.0. The number of aliphatic hydroxyl groups is 2. The van der Waals surface area contributed by atoms with Gasteiger partial charge in [-0.15, -0.1) is 0 Å². The van der Waals surface area contributed by atoms with Gasteiger partial charge < -0.3 is 40.4 Å². The van der Waals surface area contributed by atoms with E-state index < -0.39 is 72.6 Å². The van der Waals surface area contributed by atoms with E-state index in [-0.39, 0.29) is 41.0 Å². The molecule has 44 heavy (non-hydrogen) atoms. The van der Waals surface area contributed by atoms with Crippen LogP contribution >= 0.6 is 29.6 Å². The van der Waals surface area contributed by atoms with Crippen molar-refractivity contribution in [3.63, 3.8) is 0 Å². The third-order valence-electron chi connectivity index (χ3n) is 7.08. The Hall–Kier alpha value is -2.94. The SMILES string of the molecule is Nc1ncnc2c1ncn2[C@@H]1O[C@H](CO[PH](=O)O[C@@H]2[C@H](O)[C@@H](COCS)O[C@H]2n2cnc3c(N)ncnc32)[C@@H](OP=O)[C@H]1O.